The molecule has 0 atom stereocenters. The van der Waals surface area contributed by atoms with Gasteiger partial charge in [0.2, 0.25) is 0 Å². The van der Waals surface area contributed by atoms with Crippen LogP contribution < -0.4 is 0 Å². The zero-order valence-corrected chi connectivity index (χ0v) is 8.48. The standard InChI is InChI=1S/C9H18ClNO/c1-3-4-5-11(6-7-12)8-9(2)10/h12H,2-8H2,1H3. The van der Waals surface area contributed by atoms with Crippen molar-refractivity contribution in [3.63, 3.8) is 0 Å². The van der Waals surface area contributed by atoms with E-state index < -0.39 is 0 Å². The molecule has 0 aliphatic rings. The molecule has 0 aromatic rings. The minimum absolute atomic E-state index is 0.188. The number of nitrogens with zero attached hydrogens (tertiary/aromatic N) is 1. The first kappa shape index (κ1) is 11.9. The lowest BCUT2D eigenvalue weighted by Crippen LogP contribution is -2.29. The predicted molar refractivity (Wildman–Crippen MR) is 53.4 cm³/mol. The fourth-order valence-corrected chi connectivity index (χ4v) is 1.20. The average molecular weight is 192 g/mol. The highest BCUT2D eigenvalue weighted by Crippen LogP contribution is 2.02. The molecule has 0 aromatic carbocycles. The fraction of sp³-hybridized carbons (Fsp3) is 0.778. The number of aliphatic hydroxyl groups is 1. The molecule has 1 N–H and O–H groups in total. The molecule has 0 aliphatic heterocycles. The van der Waals surface area contributed by atoms with E-state index >= 15 is 0 Å². The van der Waals surface area contributed by atoms with Crippen LogP contribution in [0.15, 0.2) is 11.6 Å². The van der Waals surface area contributed by atoms with Gasteiger partial charge in [0.25, 0.3) is 0 Å². The summed E-state index contributed by atoms with van der Waals surface area (Å²) in [6.07, 6.45) is 2.31. The van der Waals surface area contributed by atoms with Crippen LogP contribution in [0.5, 0.6) is 0 Å². The Morgan fingerprint density at radius 1 is 1.50 bits per heavy atom. The SMILES string of the molecule is C=C(Cl)CN(CCO)CCCC. The van der Waals surface area contributed by atoms with Gasteiger partial charge >= 0.3 is 0 Å². The van der Waals surface area contributed by atoms with Crippen LogP contribution in [0, 0.1) is 0 Å². The predicted octanol–water partition coefficient (Wildman–Crippen LogP) is 1.83. The molecule has 0 spiro atoms. The maximum Gasteiger partial charge on any atom is 0.0558 e. The van der Waals surface area contributed by atoms with Crippen molar-refractivity contribution in [1.82, 2.24) is 4.90 Å². The van der Waals surface area contributed by atoms with E-state index in [0.29, 0.717) is 18.1 Å². The van der Waals surface area contributed by atoms with Gasteiger partial charge in [-0.2, -0.15) is 0 Å². The van der Waals surface area contributed by atoms with Crippen LogP contribution in [-0.4, -0.2) is 36.2 Å². The molecule has 0 radical (unpaired) electrons. The Labute approximate surface area is 79.8 Å². The maximum atomic E-state index is 8.73. The van der Waals surface area contributed by atoms with Gasteiger partial charge in [0.05, 0.1) is 6.61 Å². The smallest absolute Gasteiger partial charge is 0.0558 e. The van der Waals surface area contributed by atoms with E-state index in [1.165, 1.54) is 0 Å². The van der Waals surface area contributed by atoms with E-state index in [9.17, 15) is 0 Å². The van der Waals surface area contributed by atoms with Crippen LogP contribution >= 0.6 is 11.6 Å². The van der Waals surface area contributed by atoms with Gasteiger partial charge in [-0.25, -0.2) is 0 Å². The number of hydrogen-bond acceptors (Lipinski definition) is 2. The van der Waals surface area contributed by atoms with Crippen molar-refractivity contribution in [2.24, 2.45) is 0 Å². The van der Waals surface area contributed by atoms with E-state index in [1.807, 2.05) is 0 Å². The molecular formula is C9H18ClNO. The molecule has 3 heteroatoms. The molecule has 0 aromatic heterocycles. The van der Waals surface area contributed by atoms with Gasteiger partial charge in [-0.05, 0) is 13.0 Å². The zero-order chi connectivity index (χ0) is 9.40. The molecule has 0 fully saturated rings. The summed E-state index contributed by atoms with van der Waals surface area (Å²) < 4.78 is 0. The van der Waals surface area contributed by atoms with Crippen LogP contribution in [0.3, 0.4) is 0 Å². The molecule has 0 amide bonds. The van der Waals surface area contributed by atoms with E-state index in [-0.39, 0.29) is 6.61 Å². The molecular weight excluding hydrogens is 174 g/mol. The lowest BCUT2D eigenvalue weighted by molar-refractivity contribution is 0.206. The Bertz CT molecular complexity index is 128. The van der Waals surface area contributed by atoms with Gasteiger partial charge in [-0.15, -0.1) is 0 Å². The van der Waals surface area contributed by atoms with Crippen LogP contribution in [0.4, 0.5) is 0 Å². The van der Waals surface area contributed by atoms with E-state index in [2.05, 4.69) is 18.4 Å². The van der Waals surface area contributed by atoms with E-state index in [0.717, 1.165) is 19.4 Å². The third-order valence-electron chi connectivity index (χ3n) is 1.64. The molecule has 12 heavy (non-hydrogen) atoms. The van der Waals surface area contributed by atoms with Gasteiger partial charge in [-0.1, -0.05) is 31.5 Å². The number of halogens is 1. The summed E-state index contributed by atoms with van der Waals surface area (Å²) in [5.41, 5.74) is 0. The van der Waals surface area contributed by atoms with Gasteiger partial charge in [0.1, 0.15) is 0 Å². The lowest BCUT2D eigenvalue weighted by Gasteiger charge is -2.19. The van der Waals surface area contributed by atoms with Crippen LogP contribution in [0.1, 0.15) is 19.8 Å². The number of unbranched alkanes of at least 4 members (excludes halogenated alkanes) is 1. The third-order valence-corrected chi connectivity index (χ3v) is 1.76. The second-order valence-electron chi connectivity index (χ2n) is 2.87. The van der Waals surface area contributed by atoms with Crippen molar-refractivity contribution in [3.8, 4) is 0 Å². The van der Waals surface area contributed by atoms with Crippen LogP contribution in [-0.2, 0) is 0 Å². The molecule has 72 valence electrons. The summed E-state index contributed by atoms with van der Waals surface area (Å²) in [6, 6.07) is 0. The number of aliphatic hydroxyl groups excluding tert-OH is 1. The van der Waals surface area contributed by atoms with Crippen molar-refractivity contribution < 1.29 is 5.11 Å². The lowest BCUT2D eigenvalue weighted by atomic mass is 10.3. The first-order valence-electron chi connectivity index (χ1n) is 4.37. The van der Waals surface area contributed by atoms with Gasteiger partial charge in [-0.3, -0.25) is 4.90 Å². The largest absolute Gasteiger partial charge is 0.395 e. The monoisotopic (exact) mass is 191 g/mol. The van der Waals surface area contributed by atoms with Gasteiger partial charge < -0.3 is 5.11 Å². The Kier molecular flexibility index (Phi) is 7.56. The highest BCUT2D eigenvalue weighted by Gasteiger charge is 2.03. The minimum Gasteiger partial charge on any atom is -0.395 e. The van der Waals surface area contributed by atoms with Crippen molar-refractivity contribution >= 4 is 11.6 Å². The molecule has 0 rings (SSSR count). The molecule has 0 bridgehead atoms. The second kappa shape index (κ2) is 7.59. The second-order valence-corrected chi connectivity index (χ2v) is 3.41. The van der Waals surface area contributed by atoms with Crippen LogP contribution in [0.2, 0.25) is 0 Å². The Morgan fingerprint density at radius 3 is 2.58 bits per heavy atom. The molecule has 0 saturated carbocycles. The third kappa shape index (κ3) is 6.65. The molecule has 2 nitrogen and oxygen atoms in total. The Hall–Kier alpha value is -0.0500. The Morgan fingerprint density at radius 2 is 2.17 bits per heavy atom. The summed E-state index contributed by atoms with van der Waals surface area (Å²) in [5, 5.41) is 9.37. The quantitative estimate of drug-likeness (QED) is 0.664. The highest BCUT2D eigenvalue weighted by atomic mass is 35.5. The summed E-state index contributed by atoms with van der Waals surface area (Å²) in [5.74, 6) is 0. The average Bonchev–Trinajstić information content (AvgIpc) is 2.00. The first-order chi connectivity index (χ1) is 5.70. The van der Waals surface area contributed by atoms with Crippen LogP contribution in [0.25, 0.3) is 0 Å². The van der Waals surface area contributed by atoms with Crippen molar-refractivity contribution in [3.05, 3.63) is 11.6 Å². The topological polar surface area (TPSA) is 23.5 Å². The zero-order valence-electron chi connectivity index (χ0n) is 7.72. The van der Waals surface area contributed by atoms with E-state index in [4.69, 9.17) is 16.7 Å². The molecule has 0 saturated heterocycles. The van der Waals surface area contributed by atoms with Gasteiger partial charge in [0.15, 0.2) is 0 Å². The normalized spacial score (nSPS) is 10.7. The summed E-state index contributed by atoms with van der Waals surface area (Å²) >= 11 is 5.67. The highest BCUT2D eigenvalue weighted by molar-refractivity contribution is 6.29. The number of rotatable bonds is 7. The molecule has 0 aliphatic carbocycles. The van der Waals surface area contributed by atoms with Crippen molar-refractivity contribution in [2.75, 3.05) is 26.2 Å². The summed E-state index contributed by atoms with van der Waals surface area (Å²) in [7, 11) is 0. The summed E-state index contributed by atoms with van der Waals surface area (Å²) in [6.45, 7) is 8.32. The summed E-state index contributed by atoms with van der Waals surface area (Å²) in [4.78, 5) is 2.11. The van der Waals surface area contributed by atoms with Crippen molar-refractivity contribution in [2.45, 2.75) is 19.8 Å². The van der Waals surface area contributed by atoms with E-state index in [1.54, 1.807) is 0 Å². The maximum absolute atomic E-state index is 8.73. The minimum atomic E-state index is 0.188. The number of hydrogen-bond donors (Lipinski definition) is 1. The van der Waals surface area contributed by atoms with Crippen molar-refractivity contribution in [1.29, 1.82) is 0 Å². The Balaban J connectivity index is 3.61. The fourth-order valence-electron chi connectivity index (χ4n) is 1.04. The molecule has 0 heterocycles. The van der Waals surface area contributed by atoms with Gasteiger partial charge in [0, 0.05) is 18.1 Å². The molecule has 0 unspecified atom stereocenters. The first-order valence-corrected chi connectivity index (χ1v) is 4.75.